The van der Waals surface area contributed by atoms with Gasteiger partial charge in [0.1, 0.15) is 5.25 Å². The Labute approximate surface area is 124 Å². The highest BCUT2D eigenvalue weighted by Crippen LogP contribution is 2.34. The van der Waals surface area contributed by atoms with Crippen LogP contribution < -0.4 is 0 Å². The molecule has 0 amide bonds. The molecule has 1 aliphatic carbocycles. The third-order valence-electron chi connectivity index (χ3n) is 3.24. The van der Waals surface area contributed by atoms with Crippen molar-refractivity contribution in [1.82, 2.24) is 0 Å². The summed E-state index contributed by atoms with van der Waals surface area (Å²) in [6, 6.07) is 12.6. The molecule has 0 spiro atoms. The highest BCUT2D eigenvalue weighted by Gasteiger charge is 2.38. The average molecular weight is 299 g/mol. The van der Waals surface area contributed by atoms with Gasteiger partial charge in [0.15, 0.2) is 11.6 Å². The molecule has 0 N–H and O–H groups in total. The monoisotopic (exact) mass is 299 g/mol. The maximum Gasteiger partial charge on any atom is 0.269 e. The number of nitro groups is 1. The number of carbonyl (C=O) groups is 2. The summed E-state index contributed by atoms with van der Waals surface area (Å²) in [4.78, 5) is 35.2. The molecular weight excluding hydrogens is 290 g/mol. The van der Waals surface area contributed by atoms with Crippen LogP contribution in [0.1, 0.15) is 20.7 Å². The lowest BCUT2D eigenvalue weighted by Crippen LogP contribution is -2.17. The van der Waals surface area contributed by atoms with Crippen molar-refractivity contribution in [3.05, 3.63) is 69.8 Å². The number of hydrogen-bond acceptors (Lipinski definition) is 5. The molecule has 0 aromatic heterocycles. The largest absolute Gasteiger partial charge is 0.292 e. The van der Waals surface area contributed by atoms with Crippen LogP contribution in [0.25, 0.3) is 0 Å². The number of fused-ring (bicyclic) bond motifs is 1. The first-order chi connectivity index (χ1) is 10.1. The van der Waals surface area contributed by atoms with Gasteiger partial charge in [-0.3, -0.25) is 19.7 Å². The summed E-state index contributed by atoms with van der Waals surface area (Å²) in [6.07, 6.45) is 0. The van der Waals surface area contributed by atoms with Crippen LogP contribution in [0.15, 0.2) is 53.4 Å². The van der Waals surface area contributed by atoms with Crippen LogP contribution in [0.5, 0.6) is 0 Å². The summed E-state index contributed by atoms with van der Waals surface area (Å²) in [5.74, 6) is -0.419. The van der Waals surface area contributed by atoms with Gasteiger partial charge in [-0.05, 0) is 12.1 Å². The van der Waals surface area contributed by atoms with Gasteiger partial charge in [0, 0.05) is 28.2 Å². The molecule has 0 heterocycles. The number of thioether (sulfide) groups is 1. The smallest absolute Gasteiger partial charge is 0.269 e. The van der Waals surface area contributed by atoms with E-state index in [-0.39, 0.29) is 17.3 Å². The molecule has 0 fully saturated rings. The second-order valence-corrected chi connectivity index (χ2v) is 5.70. The Morgan fingerprint density at radius 3 is 1.90 bits per heavy atom. The molecule has 6 heteroatoms. The number of nitro benzene ring substituents is 1. The van der Waals surface area contributed by atoms with Gasteiger partial charge in [0.05, 0.1) is 4.92 Å². The van der Waals surface area contributed by atoms with Crippen LogP contribution in [-0.2, 0) is 0 Å². The fraction of sp³-hybridized carbons (Fsp3) is 0.0667. The Morgan fingerprint density at radius 1 is 0.905 bits per heavy atom. The predicted molar refractivity (Wildman–Crippen MR) is 77.8 cm³/mol. The molecule has 21 heavy (non-hydrogen) atoms. The summed E-state index contributed by atoms with van der Waals surface area (Å²) < 4.78 is 0. The highest BCUT2D eigenvalue weighted by atomic mass is 32.2. The zero-order valence-corrected chi connectivity index (χ0v) is 11.5. The van der Waals surface area contributed by atoms with E-state index >= 15 is 0 Å². The van der Waals surface area contributed by atoms with E-state index < -0.39 is 10.2 Å². The van der Waals surface area contributed by atoms with Crippen molar-refractivity contribution in [1.29, 1.82) is 0 Å². The van der Waals surface area contributed by atoms with Crippen LogP contribution >= 0.6 is 11.8 Å². The molecule has 0 radical (unpaired) electrons. The highest BCUT2D eigenvalue weighted by molar-refractivity contribution is 8.01. The standard InChI is InChI=1S/C15H9NO4S/c17-13-11-3-1-2-4-12(11)14(18)15(13)21-10-7-5-9(6-8-10)16(19)20/h1-8,15H. The minimum Gasteiger partial charge on any atom is -0.292 e. The summed E-state index contributed by atoms with van der Waals surface area (Å²) >= 11 is 1.12. The second-order valence-electron chi connectivity index (χ2n) is 4.52. The molecule has 2 aromatic carbocycles. The Hall–Kier alpha value is -2.47. The van der Waals surface area contributed by atoms with E-state index in [0.717, 1.165) is 11.8 Å². The van der Waals surface area contributed by atoms with E-state index in [4.69, 9.17) is 0 Å². The zero-order chi connectivity index (χ0) is 15.0. The number of nitrogens with zero attached hydrogens (tertiary/aromatic N) is 1. The van der Waals surface area contributed by atoms with Gasteiger partial charge in [0.25, 0.3) is 5.69 Å². The third kappa shape index (κ3) is 2.34. The lowest BCUT2D eigenvalue weighted by molar-refractivity contribution is -0.384. The third-order valence-corrected chi connectivity index (χ3v) is 4.44. The lowest BCUT2D eigenvalue weighted by Gasteiger charge is -2.06. The van der Waals surface area contributed by atoms with E-state index in [2.05, 4.69) is 0 Å². The number of hydrogen-bond donors (Lipinski definition) is 0. The maximum atomic E-state index is 12.2. The molecule has 0 bridgehead atoms. The molecular formula is C15H9NO4S. The first-order valence-corrected chi connectivity index (χ1v) is 7.04. The molecule has 5 nitrogen and oxygen atoms in total. The normalized spacial score (nSPS) is 14.3. The zero-order valence-electron chi connectivity index (χ0n) is 10.7. The van der Waals surface area contributed by atoms with Gasteiger partial charge in [0.2, 0.25) is 0 Å². The van der Waals surface area contributed by atoms with Gasteiger partial charge >= 0.3 is 0 Å². The van der Waals surface area contributed by atoms with Crippen LogP contribution in [0.2, 0.25) is 0 Å². The number of ketones is 2. The molecule has 0 aliphatic heterocycles. The van der Waals surface area contributed by atoms with Crippen LogP contribution in [0.3, 0.4) is 0 Å². The fourth-order valence-electron chi connectivity index (χ4n) is 2.20. The van der Waals surface area contributed by atoms with E-state index in [0.29, 0.717) is 16.0 Å². The van der Waals surface area contributed by atoms with Crippen LogP contribution in [0, 0.1) is 10.1 Å². The Morgan fingerprint density at radius 2 is 1.43 bits per heavy atom. The minimum absolute atomic E-state index is 0.0216. The molecule has 0 saturated carbocycles. The van der Waals surface area contributed by atoms with Crippen molar-refractivity contribution in [3.8, 4) is 0 Å². The van der Waals surface area contributed by atoms with Gasteiger partial charge in [-0.15, -0.1) is 11.8 Å². The molecule has 0 unspecified atom stereocenters. The van der Waals surface area contributed by atoms with Gasteiger partial charge < -0.3 is 0 Å². The Balaban J connectivity index is 1.85. The summed E-state index contributed by atoms with van der Waals surface area (Å²) in [6.45, 7) is 0. The second kappa shape index (κ2) is 5.14. The Bertz CT molecular complexity index is 720. The van der Waals surface area contributed by atoms with Crippen molar-refractivity contribution in [2.24, 2.45) is 0 Å². The molecule has 104 valence electrons. The van der Waals surface area contributed by atoms with Crippen LogP contribution in [-0.4, -0.2) is 21.7 Å². The quantitative estimate of drug-likeness (QED) is 0.494. The molecule has 2 aromatic rings. The number of non-ortho nitro benzene ring substituents is 1. The van der Waals surface area contributed by atoms with E-state index in [1.807, 2.05) is 0 Å². The molecule has 0 saturated heterocycles. The van der Waals surface area contributed by atoms with Crippen molar-refractivity contribution in [2.75, 3.05) is 0 Å². The summed E-state index contributed by atoms with van der Waals surface area (Å²) in [5, 5.41) is 9.80. The number of benzene rings is 2. The fourth-order valence-corrected chi connectivity index (χ4v) is 3.24. The van der Waals surface area contributed by atoms with Gasteiger partial charge in [-0.1, -0.05) is 24.3 Å². The molecule has 0 atom stereocenters. The maximum absolute atomic E-state index is 12.2. The van der Waals surface area contributed by atoms with E-state index in [1.54, 1.807) is 36.4 Å². The van der Waals surface area contributed by atoms with Crippen molar-refractivity contribution in [2.45, 2.75) is 10.1 Å². The lowest BCUT2D eigenvalue weighted by atomic mass is 10.1. The first kappa shape index (κ1) is 13.5. The number of carbonyl (C=O) groups excluding carboxylic acids is 2. The van der Waals surface area contributed by atoms with Gasteiger partial charge in [-0.2, -0.15) is 0 Å². The topological polar surface area (TPSA) is 77.3 Å². The van der Waals surface area contributed by atoms with Crippen molar-refractivity contribution in [3.63, 3.8) is 0 Å². The minimum atomic E-state index is -0.802. The van der Waals surface area contributed by atoms with Crippen molar-refractivity contribution >= 4 is 29.0 Å². The number of Topliss-reactive ketones (excluding diaryl/α,β-unsaturated/α-hetero) is 2. The van der Waals surface area contributed by atoms with Crippen molar-refractivity contribution < 1.29 is 14.5 Å². The van der Waals surface area contributed by atoms with E-state index in [9.17, 15) is 19.7 Å². The number of rotatable bonds is 3. The Kier molecular flexibility index (Phi) is 3.31. The van der Waals surface area contributed by atoms with Gasteiger partial charge in [-0.25, -0.2) is 0 Å². The summed E-state index contributed by atoms with van der Waals surface area (Å²) in [7, 11) is 0. The summed E-state index contributed by atoms with van der Waals surface area (Å²) in [5.41, 5.74) is 0.871. The molecule has 3 rings (SSSR count). The SMILES string of the molecule is O=C1c2ccccc2C(=O)C1Sc1ccc([N+](=O)[O-])cc1. The predicted octanol–water partition coefficient (Wildman–Crippen LogP) is 3.13. The van der Waals surface area contributed by atoms with Crippen LogP contribution in [0.4, 0.5) is 5.69 Å². The molecule has 1 aliphatic rings. The average Bonchev–Trinajstić information content (AvgIpc) is 2.73. The first-order valence-electron chi connectivity index (χ1n) is 6.16. The van der Waals surface area contributed by atoms with E-state index in [1.165, 1.54) is 12.1 Å².